The predicted molar refractivity (Wildman–Crippen MR) is 114 cm³/mol. The number of hydrogen-bond acceptors (Lipinski definition) is 2. The lowest BCUT2D eigenvalue weighted by molar-refractivity contribution is 0.579. The number of rotatable bonds is 7. The fraction of sp³-hybridized carbons (Fsp3) is 0.130. The molecular formula is C23H22N2O2S. The first kappa shape index (κ1) is 18.5. The molecule has 4 aromatic rings. The zero-order valence-corrected chi connectivity index (χ0v) is 16.2. The Kier molecular flexibility index (Phi) is 5.28. The molecule has 0 saturated heterocycles. The van der Waals surface area contributed by atoms with E-state index in [-0.39, 0.29) is 0 Å². The van der Waals surface area contributed by atoms with E-state index < -0.39 is 10.0 Å². The molecule has 28 heavy (non-hydrogen) atoms. The number of H-pyrrole nitrogens is 1. The highest BCUT2D eigenvalue weighted by Crippen LogP contribution is 2.21. The van der Waals surface area contributed by atoms with Crippen molar-refractivity contribution in [2.45, 2.75) is 17.7 Å². The van der Waals surface area contributed by atoms with Crippen molar-refractivity contribution in [3.63, 3.8) is 0 Å². The lowest BCUT2D eigenvalue weighted by Crippen LogP contribution is -2.25. The highest BCUT2D eigenvalue weighted by atomic mass is 32.2. The summed E-state index contributed by atoms with van der Waals surface area (Å²) in [6, 6.07) is 25.0. The molecule has 1 heterocycles. The number of aryl methyl sites for hydroxylation is 1. The lowest BCUT2D eigenvalue weighted by atomic mass is 10.1. The van der Waals surface area contributed by atoms with Crippen LogP contribution >= 0.6 is 0 Å². The molecule has 0 aliphatic carbocycles. The second-order valence-electron chi connectivity index (χ2n) is 6.75. The smallest absolute Gasteiger partial charge is 0.240 e. The summed E-state index contributed by atoms with van der Waals surface area (Å²) < 4.78 is 27.8. The van der Waals surface area contributed by atoms with Gasteiger partial charge >= 0.3 is 0 Å². The summed E-state index contributed by atoms with van der Waals surface area (Å²) in [6.07, 6.45) is 3.56. The summed E-state index contributed by atoms with van der Waals surface area (Å²) >= 11 is 0. The molecule has 0 saturated carbocycles. The van der Waals surface area contributed by atoms with E-state index in [1.165, 1.54) is 10.9 Å². The van der Waals surface area contributed by atoms with Crippen LogP contribution in [0.5, 0.6) is 0 Å². The van der Waals surface area contributed by atoms with Gasteiger partial charge in [0.25, 0.3) is 0 Å². The molecule has 0 bridgehead atoms. The van der Waals surface area contributed by atoms with E-state index in [0.29, 0.717) is 11.4 Å². The van der Waals surface area contributed by atoms with Crippen LogP contribution in [0.3, 0.4) is 0 Å². The molecule has 0 aliphatic rings. The highest BCUT2D eigenvalue weighted by Gasteiger charge is 2.13. The SMILES string of the molecule is O=S(=O)(NCCCc1c[nH]c2ccccc12)c1ccc(-c2ccccc2)cc1. The Morgan fingerprint density at radius 2 is 1.46 bits per heavy atom. The third-order valence-corrected chi connectivity index (χ3v) is 6.34. The van der Waals surface area contributed by atoms with Gasteiger partial charge in [-0.15, -0.1) is 0 Å². The molecule has 2 N–H and O–H groups in total. The minimum absolute atomic E-state index is 0.291. The first-order valence-corrected chi connectivity index (χ1v) is 10.8. The molecule has 3 aromatic carbocycles. The molecule has 4 nitrogen and oxygen atoms in total. The molecule has 0 radical (unpaired) electrons. The fourth-order valence-electron chi connectivity index (χ4n) is 3.36. The molecule has 0 aliphatic heterocycles. The molecule has 0 spiro atoms. The summed E-state index contributed by atoms with van der Waals surface area (Å²) in [6.45, 7) is 0.405. The van der Waals surface area contributed by atoms with Crippen molar-refractivity contribution in [3.8, 4) is 11.1 Å². The van der Waals surface area contributed by atoms with E-state index in [2.05, 4.69) is 15.8 Å². The Morgan fingerprint density at radius 1 is 0.786 bits per heavy atom. The van der Waals surface area contributed by atoms with E-state index in [1.54, 1.807) is 12.1 Å². The quantitative estimate of drug-likeness (QED) is 0.448. The van der Waals surface area contributed by atoms with Crippen LogP contribution in [0.25, 0.3) is 22.0 Å². The minimum Gasteiger partial charge on any atom is -0.361 e. The zero-order valence-electron chi connectivity index (χ0n) is 15.4. The van der Waals surface area contributed by atoms with Gasteiger partial charge < -0.3 is 4.98 Å². The van der Waals surface area contributed by atoms with Crippen LogP contribution in [-0.4, -0.2) is 19.9 Å². The van der Waals surface area contributed by atoms with Crippen LogP contribution in [-0.2, 0) is 16.4 Å². The standard InChI is InChI=1S/C23H22N2O2S/c26-28(27,21-14-12-19(13-15-21)18-7-2-1-3-8-18)25-16-6-9-20-17-24-23-11-5-4-10-22(20)23/h1-5,7-8,10-15,17,24-25H,6,9,16H2. The number of para-hydroxylation sites is 1. The summed E-state index contributed by atoms with van der Waals surface area (Å²) in [5.41, 5.74) is 4.38. The molecular weight excluding hydrogens is 368 g/mol. The Morgan fingerprint density at radius 3 is 2.25 bits per heavy atom. The fourth-order valence-corrected chi connectivity index (χ4v) is 4.44. The Balaban J connectivity index is 1.36. The van der Waals surface area contributed by atoms with Crippen LogP contribution < -0.4 is 4.72 Å². The Bertz CT molecular complexity index is 1160. The maximum Gasteiger partial charge on any atom is 0.240 e. The van der Waals surface area contributed by atoms with Gasteiger partial charge in [-0.25, -0.2) is 13.1 Å². The Labute approximate surface area is 165 Å². The van der Waals surface area contributed by atoms with Crippen LogP contribution in [0.15, 0.2) is 90.0 Å². The number of aromatic nitrogens is 1. The normalized spacial score (nSPS) is 11.7. The molecule has 0 amide bonds. The molecule has 0 atom stereocenters. The summed E-state index contributed by atoms with van der Waals surface area (Å²) in [5, 5.41) is 1.20. The first-order valence-electron chi connectivity index (χ1n) is 9.34. The number of benzene rings is 3. The third kappa shape index (κ3) is 4.01. The van der Waals surface area contributed by atoms with Gasteiger partial charge in [-0.1, -0.05) is 60.7 Å². The molecule has 1 aromatic heterocycles. The molecule has 4 rings (SSSR count). The van der Waals surface area contributed by atoms with Crippen molar-refractivity contribution in [1.82, 2.24) is 9.71 Å². The number of nitrogens with one attached hydrogen (secondary N) is 2. The third-order valence-electron chi connectivity index (χ3n) is 4.86. The average Bonchev–Trinajstić information content (AvgIpc) is 3.15. The summed E-state index contributed by atoms with van der Waals surface area (Å²) in [7, 11) is -3.50. The van der Waals surface area contributed by atoms with Crippen molar-refractivity contribution in [2.24, 2.45) is 0 Å². The van der Waals surface area contributed by atoms with Gasteiger partial charge in [0.15, 0.2) is 0 Å². The van der Waals surface area contributed by atoms with Crippen LogP contribution in [0.2, 0.25) is 0 Å². The second kappa shape index (κ2) is 8.00. The number of sulfonamides is 1. The topological polar surface area (TPSA) is 62.0 Å². The number of hydrogen-bond donors (Lipinski definition) is 2. The molecule has 0 unspecified atom stereocenters. The Hall–Kier alpha value is -2.89. The molecule has 5 heteroatoms. The van der Waals surface area contributed by atoms with Crippen molar-refractivity contribution in [2.75, 3.05) is 6.54 Å². The van der Waals surface area contributed by atoms with Gasteiger partial charge in [0.2, 0.25) is 10.0 Å². The highest BCUT2D eigenvalue weighted by molar-refractivity contribution is 7.89. The van der Waals surface area contributed by atoms with Gasteiger partial charge in [0, 0.05) is 23.6 Å². The van der Waals surface area contributed by atoms with Gasteiger partial charge in [-0.05, 0) is 47.7 Å². The van der Waals surface area contributed by atoms with Gasteiger partial charge in [0.1, 0.15) is 0 Å². The van der Waals surface area contributed by atoms with E-state index in [1.807, 2.05) is 66.9 Å². The average molecular weight is 391 g/mol. The van der Waals surface area contributed by atoms with E-state index in [0.717, 1.165) is 29.5 Å². The maximum atomic E-state index is 12.5. The zero-order chi connectivity index (χ0) is 19.4. The second-order valence-corrected chi connectivity index (χ2v) is 8.52. The monoisotopic (exact) mass is 390 g/mol. The van der Waals surface area contributed by atoms with Crippen molar-refractivity contribution in [3.05, 3.63) is 90.6 Å². The first-order chi connectivity index (χ1) is 13.6. The largest absolute Gasteiger partial charge is 0.361 e. The van der Waals surface area contributed by atoms with Gasteiger partial charge in [0.05, 0.1) is 4.90 Å². The number of fused-ring (bicyclic) bond motifs is 1. The van der Waals surface area contributed by atoms with Crippen molar-refractivity contribution < 1.29 is 8.42 Å². The van der Waals surface area contributed by atoms with Crippen molar-refractivity contribution >= 4 is 20.9 Å². The minimum atomic E-state index is -3.50. The van der Waals surface area contributed by atoms with E-state index in [9.17, 15) is 8.42 Å². The summed E-state index contributed by atoms with van der Waals surface area (Å²) in [4.78, 5) is 3.54. The number of aromatic amines is 1. The summed E-state index contributed by atoms with van der Waals surface area (Å²) in [5.74, 6) is 0. The maximum absolute atomic E-state index is 12.5. The van der Waals surface area contributed by atoms with E-state index >= 15 is 0 Å². The van der Waals surface area contributed by atoms with E-state index in [4.69, 9.17) is 0 Å². The lowest BCUT2D eigenvalue weighted by Gasteiger charge is -2.08. The van der Waals surface area contributed by atoms with Crippen LogP contribution in [0.4, 0.5) is 0 Å². The molecule has 0 fully saturated rings. The van der Waals surface area contributed by atoms with Gasteiger partial charge in [-0.2, -0.15) is 0 Å². The van der Waals surface area contributed by atoms with Crippen molar-refractivity contribution in [1.29, 1.82) is 0 Å². The van der Waals surface area contributed by atoms with Gasteiger partial charge in [-0.3, -0.25) is 0 Å². The van der Waals surface area contributed by atoms with Crippen LogP contribution in [0.1, 0.15) is 12.0 Å². The molecule has 142 valence electrons. The predicted octanol–water partition coefficient (Wildman–Crippen LogP) is 4.75. The van der Waals surface area contributed by atoms with Crippen LogP contribution in [0, 0.1) is 0 Å².